The Labute approximate surface area is 172 Å². The molecule has 1 aliphatic rings. The Morgan fingerprint density at radius 2 is 1.96 bits per heavy atom. The van der Waals surface area contributed by atoms with Gasteiger partial charge in [0.1, 0.15) is 12.4 Å². The molecule has 1 unspecified atom stereocenters. The van der Waals surface area contributed by atoms with Crippen molar-refractivity contribution in [3.05, 3.63) is 58.1 Å². The molecule has 0 bridgehead atoms. The Bertz CT molecular complexity index is 821. The van der Waals surface area contributed by atoms with E-state index >= 15 is 0 Å². The summed E-state index contributed by atoms with van der Waals surface area (Å²) in [6.45, 7) is 1.25. The third-order valence-corrected chi connectivity index (χ3v) is 4.58. The van der Waals surface area contributed by atoms with Crippen molar-refractivity contribution < 1.29 is 14.3 Å². The molecule has 1 amide bonds. The van der Waals surface area contributed by atoms with Gasteiger partial charge in [-0.1, -0.05) is 35.3 Å². The van der Waals surface area contributed by atoms with Gasteiger partial charge < -0.3 is 14.8 Å². The molecule has 0 spiro atoms. The smallest absolute Gasteiger partial charge is 0.257 e. The van der Waals surface area contributed by atoms with Crippen molar-refractivity contribution in [2.75, 3.05) is 18.5 Å². The molecule has 2 aromatic rings. The minimum atomic E-state index is -0.408. The van der Waals surface area contributed by atoms with Gasteiger partial charge in [-0.3, -0.25) is 10.1 Å². The summed E-state index contributed by atoms with van der Waals surface area (Å²) in [6, 6.07) is 12.0. The second kappa shape index (κ2) is 9.37. The molecular formula is C19H18Cl2N2O3S. The largest absolute Gasteiger partial charge is 0.489 e. The van der Waals surface area contributed by atoms with Gasteiger partial charge in [-0.05, 0) is 55.4 Å². The Morgan fingerprint density at radius 3 is 2.67 bits per heavy atom. The molecule has 0 aromatic heterocycles. The molecule has 1 aliphatic heterocycles. The first kappa shape index (κ1) is 19.9. The lowest BCUT2D eigenvalue weighted by Gasteiger charge is -2.16. The summed E-state index contributed by atoms with van der Waals surface area (Å²) in [5.41, 5.74) is 0.976. The van der Waals surface area contributed by atoms with Crippen LogP contribution in [-0.4, -0.2) is 30.3 Å². The van der Waals surface area contributed by atoms with Crippen LogP contribution in [0.15, 0.2) is 42.5 Å². The average Bonchev–Trinajstić information content (AvgIpc) is 3.13. The monoisotopic (exact) mass is 424 g/mol. The number of thiocarbonyl (C=S) groups is 1. The van der Waals surface area contributed by atoms with Crippen molar-refractivity contribution in [3.63, 3.8) is 0 Å². The summed E-state index contributed by atoms with van der Waals surface area (Å²) in [5.74, 6) is 0.227. The minimum Gasteiger partial charge on any atom is -0.489 e. The topological polar surface area (TPSA) is 59.6 Å². The molecular weight excluding hydrogens is 407 g/mol. The van der Waals surface area contributed by atoms with E-state index in [0.29, 0.717) is 33.7 Å². The average molecular weight is 425 g/mol. The van der Waals surface area contributed by atoms with Crippen molar-refractivity contribution in [1.82, 2.24) is 5.32 Å². The molecule has 1 atom stereocenters. The molecule has 5 nitrogen and oxygen atoms in total. The number of carbonyl (C=O) groups is 1. The molecule has 8 heteroatoms. The molecule has 2 N–H and O–H groups in total. The number of carbonyl (C=O) groups excluding carboxylic acids is 1. The summed E-state index contributed by atoms with van der Waals surface area (Å²) in [4.78, 5) is 12.3. The molecule has 0 aliphatic carbocycles. The van der Waals surface area contributed by atoms with Crippen LogP contribution in [0.1, 0.15) is 23.2 Å². The van der Waals surface area contributed by atoms with Crippen molar-refractivity contribution >= 4 is 52.1 Å². The second-order valence-corrected chi connectivity index (χ2v) is 7.29. The quantitative estimate of drug-likeness (QED) is 0.682. The number of anilines is 1. The predicted molar refractivity (Wildman–Crippen MR) is 111 cm³/mol. The molecule has 0 radical (unpaired) electrons. The van der Waals surface area contributed by atoms with Crippen LogP contribution in [0.25, 0.3) is 0 Å². The SMILES string of the molecule is O=C(NC(=S)Nc1ccccc1OCC1CCCO1)c1cc(Cl)cc(Cl)c1. The first-order chi connectivity index (χ1) is 13.0. The van der Waals surface area contributed by atoms with Gasteiger partial charge in [-0.2, -0.15) is 0 Å². The maximum atomic E-state index is 12.3. The molecule has 1 heterocycles. The summed E-state index contributed by atoms with van der Waals surface area (Å²) >= 11 is 17.1. The van der Waals surface area contributed by atoms with E-state index in [1.165, 1.54) is 12.1 Å². The van der Waals surface area contributed by atoms with Crippen LogP contribution in [0.3, 0.4) is 0 Å². The van der Waals surface area contributed by atoms with Gasteiger partial charge in [0.25, 0.3) is 5.91 Å². The maximum absolute atomic E-state index is 12.3. The highest BCUT2D eigenvalue weighted by Crippen LogP contribution is 2.25. The lowest BCUT2D eigenvalue weighted by atomic mass is 10.2. The molecule has 27 heavy (non-hydrogen) atoms. The highest BCUT2D eigenvalue weighted by Gasteiger charge is 2.17. The standard InChI is InChI=1S/C19H18Cl2N2O3S/c20-13-8-12(9-14(21)10-13)18(24)23-19(27)22-16-5-1-2-6-17(16)26-11-15-4-3-7-25-15/h1-2,5-6,8-10,15H,3-4,7,11H2,(H2,22,23,24,27). The number of nitrogens with one attached hydrogen (secondary N) is 2. The fraction of sp³-hybridized carbons (Fsp3) is 0.263. The van der Waals surface area contributed by atoms with Crippen LogP contribution < -0.4 is 15.4 Å². The zero-order chi connectivity index (χ0) is 19.2. The Hall–Kier alpha value is -1.86. The van der Waals surface area contributed by atoms with Crippen LogP contribution in [-0.2, 0) is 4.74 Å². The third kappa shape index (κ3) is 5.81. The highest BCUT2D eigenvalue weighted by molar-refractivity contribution is 7.80. The molecule has 3 rings (SSSR count). The van der Waals surface area contributed by atoms with Crippen molar-refractivity contribution in [2.24, 2.45) is 0 Å². The van der Waals surface area contributed by atoms with E-state index in [0.717, 1.165) is 19.4 Å². The number of rotatable bonds is 5. The Morgan fingerprint density at radius 1 is 1.22 bits per heavy atom. The zero-order valence-electron chi connectivity index (χ0n) is 14.3. The fourth-order valence-corrected chi connectivity index (χ4v) is 3.40. The lowest BCUT2D eigenvalue weighted by molar-refractivity contribution is 0.0682. The molecule has 2 aromatic carbocycles. The first-order valence-corrected chi connectivity index (χ1v) is 9.59. The van der Waals surface area contributed by atoms with E-state index in [2.05, 4.69) is 10.6 Å². The summed E-state index contributed by atoms with van der Waals surface area (Å²) in [7, 11) is 0. The van der Waals surface area contributed by atoms with Gasteiger partial charge in [0.15, 0.2) is 5.11 Å². The van der Waals surface area contributed by atoms with E-state index in [9.17, 15) is 4.79 Å². The van der Waals surface area contributed by atoms with Gasteiger partial charge in [0.05, 0.1) is 11.8 Å². The summed E-state index contributed by atoms with van der Waals surface area (Å²) < 4.78 is 11.4. The molecule has 142 valence electrons. The van der Waals surface area contributed by atoms with E-state index in [1.54, 1.807) is 6.07 Å². The van der Waals surface area contributed by atoms with Gasteiger partial charge in [0, 0.05) is 22.2 Å². The van der Waals surface area contributed by atoms with Crippen LogP contribution >= 0.6 is 35.4 Å². The van der Waals surface area contributed by atoms with Crippen LogP contribution in [0.2, 0.25) is 10.0 Å². The van der Waals surface area contributed by atoms with Crippen LogP contribution in [0, 0.1) is 0 Å². The molecule has 1 fully saturated rings. The van der Waals surface area contributed by atoms with Crippen molar-refractivity contribution in [2.45, 2.75) is 18.9 Å². The van der Waals surface area contributed by atoms with E-state index in [4.69, 9.17) is 44.9 Å². The summed E-state index contributed by atoms with van der Waals surface area (Å²) in [5, 5.41) is 6.48. The number of halogens is 2. The number of para-hydroxylation sites is 2. The van der Waals surface area contributed by atoms with E-state index in [1.807, 2.05) is 24.3 Å². The van der Waals surface area contributed by atoms with Crippen LogP contribution in [0.4, 0.5) is 5.69 Å². The first-order valence-electron chi connectivity index (χ1n) is 8.43. The molecule has 1 saturated heterocycles. The van der Waals surface area contributed by atoms with Gasteiger partial charge in [-0.25, -0.2) is 0 Å². The number of benzene rings is 2. The minimum absolute atomic E-state index is 0.109. The predicted octanol–water partition coefficient (Wildman–Crippen LogP) is 4.68. The van der Waals surface area contributed by atoms with E-state index < -0.39 is 5.91 Å². The molecule has 0 saturated carbocycles. The summed E-state index contributed by atoms with van der Waals surface area (Å²) in [6.07, 6.45) is 2.15. The number of ether oxygens (including phenoxy) is 2. The Balaban J connectivity index is 1.60. The third-order valence-electron chi connectivity index (χ3n) is 3.94. The van der Waals surface area contributed by atoms with Crippen molar-refractivity contribution in [3.8, 4) is 5.75 Å². The Kier molecular flexibility index (Phi) is 6.90. The normalized spacial score (nSPS) is 16.0. The fourth-order valence-electron chi connectivity index (χ4n) is 2.67. The number of hydrogen-bond acceptors (Lipinski definition) is 4. The lowest BCUT2D eigenvalue weighted by Crippen LogP contribution is -2.34. The number of amides is 1. The van der Waals surface area contributed by atoms with Crippen molar-refractivity contribution in [1.29, 1.82) is 0 Å². The van der Waals surface area contributed by atoms with Gasteiger partial charge in [-0.15, -0.1) is 0 Å². The zero-order valence-corrected chi connectivity index (χ0v) is 16.7. The van der Waals surface area contributed by atoms with Crippen LogP contribution in [0.5, 0.6) is 5.75 Å². The maximum Gasteiger partial charge on any atom is 0.257 e. The highest BCUT2D eigenvalue weighted by atomic mass is 35.5. The number of hydrogen-bond donors (Lipinski definition) is 2. The second-order valence-electron chi connectivity index (χ2n) is 6.01. The van der Waals surface area contributed by atoms with Gasteiger partial charge >= 0.3 is 0 Å². The van der Waals surface area contributed by atoms with Gasteiger partial charge in [0.2, 0.25) is 0 Å². The van der Waals surface area contributed by atoms with E-state index in [-0.39, 0.29) is 11.2 Å².